The van der Waals surface area contributed by atoms with Crippen LogP contribution in [0.3, 0.4) is 0 Å². The molecule has 0 amide bonds. The lowest BCUT2D eigenvalue weighted by Crippen LogP contribution is -2.37. The Labute approximate surface area is 127 Å². The average Bonchev–Trinajstić information content (AvgIpc) is 3.19. The van der Waals surface area contributed by atoms with Gasteiger partial charge in [0.25, 0.3) is 0 Å². The van der Waals surface area contributed by atoms with Gasteiger partial charge in [-0.1, -0.05) is 0 Å². The molecule has 1 saturated heterocycles. The van der Waals surface area contributed by atoms with Gasteiger partial charge in [0.1, 0.15) is 0 Å². The third kappa shape index (κ3) is 5.27. The summed E-state index contributed by atoms with van der Waals surface area (Å²) in [6.07, 6.45) is 3.61. The fraction of sp³-hybridized carbons (Fsp3) is 0.917. The van der Waals surface area contributed by atoms with Crippen LogP contribution in [-0.2, 0) is 4.74 Å². The van der Waals surface area contributed by atoms with Crippen LogP contribution in [-0.4, -0.2) is 68.2 Å². The number of halogens is 1. The first kappa shape index (κ1) is 16.0. The van der Waals surface area contributed by atoms with E-state index in [2.05, 4.69) is 14.8 Å². The van der Waals surface area contributed by atoms with Gasteiger partial charge in [-0.05, 0) is 19.3 Å². The molecule has 2 N–H and O–H groups in total. The van der Waals surface area contributed by atoms with Crippen molar-refractivity contribution in [1.82, 2.24) is 9.80 Å². The van der Waals surface area contributed by atoms with E-state index in [0.29, 0.717) is 12.0 Å². The molecule has 2 rings (SSSR count). The maximum absolute atomic E-state index is 5.92. The zero-order valence-electron chi connectivity index (χ0n) is 11.2. The van der Waals surface area contributed by atoms with Gasteiger partial charge in [0.2, 0.25) is 0 Å². The molecule has 0 bridgehead atoms. The Morgan fingerprint density at radius 2 is 2.06 bits per heavy atom. The van der Waals surface area contributed by atoms with E-state index in [1.165, 1.54) is 12.8 Å². The summed E-state index contributed by atoms with van der Waals surface area (Å²) in [5.41, 5.74) is 5.92. The van der Waals surface area contributed by atoms with Crippen LogP contribution in [0.4, 0.5) is 0 Å². The number of ether oxygens (including phenoxy) is 1. The van der Waals surface area contributed by atoms with E-state index in [-0.39, 0.29) is 24.0 Å². The molecule has 0 aromatic carbocycles. The van der Waals surface area contributed by atoms with Gasteiger partial charge in [-0.15, -0.1) is 24.0 Å². The number of hydrogen-bond donors (Lipinski definition) is 1. The van der Waals surface area contributed by atoms with E-state index >= 15 is 0 Å². The molecule has 1 heterocycles. The molecule has 18 heavy (non-hydrogen) atoms. The standard InChI is InChI=1S/C12H24N4O.HI/c1-15(11-3-4-11)12(13)14-5-2-6-16-7-9-17-10-8-16;/h11H,2-10H2,1H3,(H2,13,14);1H. The van der Waals surface area contributed by atoms with Crippen molar-refractivity contribution in [1.29, 1.82) is 0 Å². The van der Waals surface area contributed by atoms with Crippen molar-refractivity contribution in [3.63, 3.8) is 0 Å². The number of nitrogens with zero attached hydrogens (tertiary/aromatic N) is 3. The smallest absolute Gasteiger partial charge is 0.191 e. The van der Waals surface area contributed by atoms with Crippen molar-refractivity contribution in [2.45, 2.75) is 25.3 Å². The van der Waals surface area contributed by atoms with E-state index < -0.39 is 0 Å². The molecule has 6 heteroatoms. The first-order chi connectivity index (χ1) is 8.27. The molecular formula is C12H25IN4O. The maximum Gasteiger partial charge on any atom is 0.191 e. The van der Waals surface area contributed by atoms with Crippen molar-refractivity contribution < 1.29 is 4.74 Å². The summed E-state index contributed by atoms with van der Waals surface area (Å²) in [6.45, 7) is 5.79. The second-order valence-corrected chi connectivity index (χ2v) is 4.89. The van der Waals surface area contributed by atoms with Crippen LogP contribution in [0, 0.1) is 0 Å². The molecule has 0 unspecified atom stereocenters. The zero-order valence-corrected chi connectivity index (χ0v) is 13.5. The predicted octanol–water partition coefficient (Wildman–Crippen LogP) is 0.736. The van der Waals surface area contributed by atoms with Crippen LogP contribution in [0.1, 0.15) is 19.3 Å². The van der Waals surface area contributed by atoms with E-state index in [9.17, 15) is 0 Å². The number of guanidine groups is 1. The van der Waals surface area contributed by atoms with Gasteiger partial charge in [-0.2, -0.15) is 0 Å². The van der Waals surface area contributed by atoms with Crippen LogP contribution in [0.25, 0.3) is 0 Å². The SMILES string of the molecule is CN(C(N)=NCCCN1CCOCC1)C1CC1.I. The summed E-state index contributed by atoms with van der Waals surface area (Å²) >= 11 is 0. The monoisotopic (exact) mass is 368 g/mol. The van der Waals surface area contributed by atoms with Gasteiger partial charge >= 0.3 is 0 Å². The van der Waals surface area contributed by atoms with Gasteiger partial charge in [-0.3, -0.25) is 9.89 Å². The van der Waals surface area contributed by atoms with Crippen molar-refractivity contribution >= 4 is 29.9 Å². The van der Waals surface area contributed by atoms with Crippen molar-refractivity contribution in [2.24, 2.45) is 10.7 Å². The molecule has 0 aromatic rings. The van der Waals surface area contributed by atoms with E-state index in [1.54, 1.807) is 0 Å². The third-order valence-electron chi connectivity index (χ3n) is 3.47. The third-order valence-corrected chi connectivity index (χ3v) is 3.47. The molecule has 1 saturated carbocycles. The Kier molecular flexibility index (Phi) is 7.25. The molecular weight excluding hydrogens is 343 g/mol. The minimum absolute atomic E-state index is 0. The minimum atomic E-state index is 0. The highest BCUT2D eigenvalue weighted by atomic mass is 127. The Hall–Kier alpha value is -0.0800. The van der Waals surface area contributed by atoms with E-state index in [0.717, 1.165) is 45.8 Å². The van der Waals surface area contributed by atoms with E-state index in [4.69, 9.17) is 10.5 Å². The molecule has 0 aromatic heterocycles. The van der Waals surface area contributed by atoms with Gasteiger partial charge in [0.05, 0.1) is 13.2 Å². The van der Waals surface area contributed by atoms with Crippen molar-refractivity contribution in [2.75, 3.05) is 46.4 Å². The average molecular weight is 368 g/mol. The normalized spacial score (nSPS) is 21.5. The molecule has 106 valence electrons. The van der Waals surface area contributed by atoms with Crippen molar-refractivity contribution in [3.8, 4) is 0 Å². The second-order valence-electron chi connectivity index (χ2n) is 4.89. The number of hydrogen-bond acceptors (Lipinski definition) is 3. The van der Waals surface area contributed by atoms with E-state index in [1.807, 2.05) is 7.05 Å². The maximum atomic E-state index is 5.92. The fourth-order valence-corrected chi connectivity index (χ4v) is 2.07. The highest BCUT2D eigenvalue weighted by Crippen LogP contribution is 2.24. The molecule has 5 nitrogen and oxygen atoms in total. The quantitative estimate of drug-likeness (QED) is 0.337. The predicted molar refractivity (Wildman–Crippen MR) is 84.6 cm³/mol. The summed E-state index contributed by atoms with van der Waals surface area (Å²) in [5, 5.41) is 0. The Morgan fingerprint density at radius 1 is 1.39 bits per heavy atom. The number of morpholine rings is 1. The number of nitrogens with two attached hydrogens (primary N) is 1. The number of aliphatic imine (C=N–C) groups is 1. The summed E-state index contributed by atoms with van der Waals surface area (Å²) in [7, 11) is 2.04. The number of rotatable bonds is 5. The van der Waals surface area contributed by atoms with Crippen LogP contribution in [0.2, 0.25) is 0 Å². The Morgan fingerprint density at radius 3 is 2.67 bits per heavy atom. The summed E-state index contributed by atoms with van der Waals surface area (Å²) in [6, 6.07) is 0.651. The molecule has 0 radical (unpaired) electrons. The van der Waals surface area contributed by atoms with Crippen LogP contribution >= 0.6 is 24.0 Å². The first-order valence-corrected chi connectivity index (χ1v) is 6.60. The molecule has 2 aliphatic rings. The lowest BCUT2D eigenvalue weighted by molar-refractivity contribution is 0.0377. The van der Waals surface area contributed by atoms with Gasteiger partial charge in [-0.25, -0.2) is 0 Å². The second kappa shape index (κ2) is 8.16. The highest BCUT2D eigenvalue weighted by Gasteiger charge is 2.27. The summed E-state index contributed by atoms with van der Waals surface area (Å²) in [5.74, 6) is 0.703. The van der Waals surface area contributed by atoms with Crippen LogP contribution < -0.4 is 5.73 Å². The highest BCUT2D eigenvalue weighted by molar-refractivity contribution is 14.0. The fourth-order valence-electron chi connectivity index (χ4n) is 2.07. The van der Waals surface area contributed by atoms with Gasteiger partial charge in [0.15, 0.2) is 5.96 Å². The minimum Gasteiger partial charge on any atom is -0.379 e. The Balaban J connectivity index is 0.00000162. The topological polar surface area (TPSA) is 54.1 Å². The largest absolute Gasteiger partial charge is 0.379 e. The van der Waals surface area contributed by atoms with Crippen LogP contribution in [0.15, 0.2) is 4.99 Å². The Bertz CT molecular complexity index is 265. The lowest BCUT2D eigenvalue weighted by Gasteiger charge is -2.26. The van der Waals surface area contributed by atoms with Crippen molar-refractivity contribution in [3.05, 3.63) is 0 Å². The molecule has 0 atom stereocenters. The first-order valence-electron chi connectivity index (χ1n) is 6.60. The molecule has 1 aliphatic heterocycles. The summed E-state index contributed by atoms with van der Waals surface area (Å²) in [4.78, 5) is 8.97. The lowest BCUT2D eigenvalue weighted by atomic mass is 10.3. The van der Waals surface area contributed by atoms with Gasteiger partial charge < -0.3 is 15.4 Å². The van der Waals surface area contributed by atoms with Gasteiger partial charge in [0, 0.05) is 39.3 Å². The molecule has 1 aliphatic carbocycles. The zero-order chi connectivity index (χ0) is 12.1. The molecule has 0 spiro atoms. The van der Waals surface area contributed by atoms with Crippen LogP contribution in [0.5, 0.6) is 0 Å². The molecule has 2 fully saturated rings. The summed E-state index contributed by atoms with van der Waals surface area (Å²) < 4.78 is 5.31.